The van der Waals surface area contributed by atoms with Crippen molar-refractivity contribution in [2.75, 3.05) is 4.90 Å². The molecule has 0 spiro atoms. The van der Waals surface area contributed by atoms with E-state index in [2.05, 4.69) is 254 Å². The molecule has 0 atom stereocenters. The van der Waals surface area contributed by atoms with E-state index >= 15 is 0 Å². The van der Waals surface area contributed by atoms with Crippen LogP contribution in [0.4, 0.5) is 17.1 Å². The molecule has 13 aromatic rings. The van der Waals surface area contributed by atoms with Crippen LogP contribution in [-0.2, 0) is 5.41 Å². The molecular formula is C67H43NO2. The van der Waals surface area contributed by atoms with Gasteiger partial charge >= 0.3 is 0 Å². The van der Waals surface area contributed by atoms with Gasteiger partial charge in [0.05, 0.1) is 5.41 Å². The maximum Gasteiger partial charge on any atom is 0.135 e. The minimum absolute atomic E-state index is 0.479. The first kappa shape index (κ1) is 39.9. The zero-order chi connectivity index (χ0) is 46.2. The third-order valence-corrected chi connectivity index (χ3v) is 14.6. The number of para-hydroxylation sites is 1. The molecule has 0 fully saturated rings. The van der Waals surface area contributed by atoms with E-state index in [9.17, 15) is 0 Å². The van der Waals surface area contributed by atoms with E-state index in [1.165, 1.54) is 44.5 Å². The average Bonchev–Trinajstić information content (AvgIpc) is 4.09. The summed E-state index contributed by atoms with van der Waals surface area (Å²) in [6.07, 6.45) is 0. The summed E-state index contributed by atoms with van der Waals surface area (Å²) in [6.45, 7) is 0. The summed E-state index contributed by atoms with van der Waals surface area (Å²) in [5.41, 5.74) is 20.8. The molecule has 14 rings (SSSR count). The van der Waals surface area contributed by atoms with Crippen LogP contribution in [0.5, 0.6) is 0 Å². The second-order valence-corrected chi connectivity index (χ2v) is 18.4. The maximum absolute atomic E-state index is 6.36. The molecular weight excluding hydrogens is 851 g/mol. The molecule has 3 nitrogen and oxygen atoms in total. The summed E-state index contributed by atoms with van der Waals surface area (Å²) in [5, 5.41) is 4.47. The van der Waals surface area contributed by atoms with E-state index in [1.807, 2.05) is 12.1 Å². The largest absolute Gasteiger partial charge is 0.456 e. The zero-order valence-corrected chi connectivity index (χ0v) is 38.1. The highest BCUT2D eigenvalue weighted by Gasteiger charge is 2.46. The lowest BCUT2D eigenvalue weighted by molar-refractivity contribution is 0.668. The van der Waals surface area contributed by atoms with E-state index in [0.29, 0.717) is 0 Å². The Morgan fingerprint density at radius 1 is 0.257 bits per heavy atom. The van der Waals surface area contributed by atoms with Crippen LogP contribution >= 0.6 is 0 Å². The van der Waals surface area contributed by atoms with Gasteiger partial charge in [0, 0.05) is 38.6 Å². The molecule has 0 radical (unpaired) electrons. The van der Waals surface area contributed by atoms with Gasteiger partial charge in [-0.05, 0) is 146 Å². The fourth-order valence-corrected chi connectivity index (χ4v) is 11.3. The summed E-state index contributed by atoms with van der Waals surface area (Å²) in [6, 6.07) is 94.4. The van der Waals surface area contributed by atoms with Gasteiger partial charge < -0.3 is 13.7 Å². The van der Waals surface area contributed by atoms with E-state index < -0.39 is 5.41 Å². The van der Waals surface area contributed by atoms with Gasteiger partial charge in [0.25, 0.3) is 0 Å². The Hall–Kier alpha value is -9.18. The molecule has 0 aliphatic heterocycles. The predicted octanol–water partition coefficient (Wildman–Crippen LogP) is 18.3. The van der Waals surface area contributed by atoms with Crippen molar-refractivity contribution in [3.63, 3.8) is 0 Å². The topological polar surface area (TPSA) is 29.5 Å². The Labute approximate surface area is 405 Å². The molecule has 328 valence electrons. The summed E-state index contributed by atoms with van der Waals surface area (Å²) < 4.78 is 12.5. The normalized spacial score (nSPS) is 12.7. The predicted molar refractivity (Wildman–Crippen MR) is 289 cm³/mol. The standard InChI is InChI=1S/C67H43NO2/c1-4-14-44(15-5-1)47-28-38-65-59(41-47)60-42-49(30-39-66(60)70-65)46-26-33-53(34-27-46)68(52-31-24-45(25-32-52)48-29-37-64-58(40-48)56-21-11-13-23-63(56)69-64)54-35-36-62-57(43-54)55-20-10-12-22-61(55)67(62,50-16-6-2-7-17-50)51-18-8-3-9-19-51/h1-43H. The Balaban J connectivity index is 0.898. The first-order valence-electron chi connectivity index (χ1n) is 24.0. The Morgan fingerprint density at radius 3 is 1.21 bits per heavy atom. The fourth-order valence-electron chi connectivity index (χ4n) is 11.3. The molecule has 1 aliphatic rings. The molecule has 70 heavy (non-hydrogen) atoms. The number of rotatable bonds is 8. The number of benzene rings is 11. The quantitative estimate of drug-likeness (QED) is 0.152. The second-order valence-electron chi connectivity index (χ2n) is 18.4. The van der Waals surface area contributed by atoms with Gasteiger partial charge in [-0.2, -0.15) is 0 Å². The van der Waals surface area contributed by atoms with Crippen LogP contribution in [0, 0.1) is 0 Å². The molecule has 11 aromatic carbocycles. The monoisotopic (exact) mass is 893 g/mol. The van der Waals surface area contributed by atoms with Crippen LogP contribution in [0.25, 0.3) is 88.4 Å². The molecule has 3 heteroatoms. The smallest absolute Gasteiger partial charge is 0.135 e. The van der Waals surface area contributed by atoms with E-state index in [4.69, 9.17) is 8.83 Å². The van der Waals surface area contributed by atoms with Crippen molar-refractivity contribution in [1.82, 2.24) is 0 Å². The third-order valence-electron chi connectivity index (χ3n) is 14.6. The Bertz CT molecular complexity index is 4050. The van der Waals surface area contributed by atoms with Crippen molar-refractivity contribution in [1.29, 1.82) is 0 Å². The SMILES string of the molecule is c1ccc(-c2ccc3oc4ccc(-c5ccc(N(c6ccc(-c7ccc8oc9ccccc9c8c7)cc6)c6ccc7c(c6)-c6ccccc6C7(c6ccccc6)c6ccccc6)cc5)cc4c3c2)cc1. The average molecular weight is 894 g/mol. The number of furan rings is 2. The van der Waals surface area contributed by atoms with Gasteiger partial charge in [-0.15, -0.1) is 0 Å². The zero-order valence-electron chi connectivity index (χ0n) is 38.1. The number of hydrogen-bond acceptors (Lipinski definition) is 3. The lowest BCUT2D eigenvalue weighted by atomic mass is 9.68. The van der Waals surface area contributed by atoms with E-state index in [0.717, 1.165) is 83.2 Å². The number of anilines is 3. The van der Waals surface area contributed by atoms with Gasteiger partial charge in [-0.3, -0.25) is 0 Å². The summed E-state index contributed by atoms with van der Waals surface area (Å²) in [4.78, 5) is 2.39. The lowest BCUT2D eigenvalue weighted by Gasteiger charge is -2.34. The van der Waals surface area contributed by atoms with Crippen LogP contribution in [-0.4, -0.2) is 0 Å². The van der Waals surface area contributed by atoms with Crippen LogP contribution in [0.2, 0.25) is 0 Å². The molecule has 0 unspecified atom stereocenters. The van der Waals surface area contributed by atoms with Gasteiger partial charge in [-0.1, -0.05) is 182 Å². The lowest BCUT2D eigenvalue weighted by Crippen LogP contribution is -2.28. The minimum Gasteiger partial charge on any atom is -0.456 e. The van der Waals surface area contributed by atoms with Crippen LogP contribution in [0.3, 0.4) is 0 Å². The molecule has 0 saturated carbocycles. The second kappa shape index (κ2) is 16.0. The fraction of sp³-hybridized carbons (Fsp3) is 0.0149. The van der Waals surface area contributed by atoms with Crippen LogP contribution < -0.4 is 4.90 Å². The van der Waals surface area contributed by atoms with Gasteiger partial charge in [0.2, 0.25) is 0 Å². The van der Waals surface area contributed by atoms with Gasteiger partial charge in [0.1, 0.15) is 22.3 Å². The first-order valence-corrected chi connectivity index (χ1v) is 24.0. The van der Waals surface area contributed by atoms with Crippen molar-refractivity contribution in [3.8, 4) is 44.5 Å². The highest BCUT2D eigenvalue weighted by Crippen LogP contribution is 2.57. The number of fused-ring (bicyclic) bond motifs is 9. The number of nitrogens with zero attached hydrogens (tertiary/aromatic N) is 1. The third kappa shape index (κ3) is 6.29. The summed E-state index contributed by atoms with van der Waals surface area (Å²) in [5.74, 6) is 0. The van der Waals surface area contributed by atoms with E-state index in [-0.39, 0.29) is 0 Å². The molecule has 2 aromatic heterocycles. The van der Waals surface area contributed by atoms with Crippen molar-refractivity contribution in [3.05, 3.63) is 283 Å². The van der Waals surface area contributed by atoms with Gasteiger partial charge in [-0.25, -0.2) is 0 Å². The molecule has 0 amide bonds. The van der Waals surface area contributed by atoms with Crippen molar-refractivity contribution < 1.29 is 8.83 Å². The molecule has 0 bridgehead atoms. The minimum atomic E-state index is -0.479. The van der Waals surface area contributed by atoms with Crippen molar-refractivity contribution >= 4 is 60.9 Å². The first-order chi connectivity index (χ1) is 34.7. The highest BCUT2D eigenvalue weighted by atomic mass is 16.3. The maximum atomic E-state index is 6.36. The molecule has 0 saturated heterocycles. The van der Waals surface area contributed by atoms with Crippen LogP contribution in [0.1, 0.15) is 22.3 Å². The van der Waals surface area contributed by atoms with Crippen molar-refractivity contribution in [2.45, 2.75) is 5.41 Å². The molecule has 0 N–H and O–H groups in total. The molecule has 2 heterocycles. The van der Waals surface area contributed by atoms with E-state index in [1.54, 1.807) is 0 Å². The summed E-state index contributed by atoms with van der Waals surface area (Å²) in [7, 11) is 0. The Kier molecular flexibility index (Phi) is 9.11. The van der Waals surface area contributed by atoms with Crippen molar-refractivity contribution in [2.24, 2.45) is 0 Å². The molecule has 1 aliphatic carbocycles. The van der Waals surface area contributed by atoms with Crippen LogP contribution in [0.15, 0.2) is 270 Å². The highest BCUT2D eigenvalue weighted by molar-refractivity contribution is 6.08. The number of hydrogen-bond donors (Lipinski definition) is 0. The Morgan fingerprint density at radius 2 is 0.657 bits per heavy atom. The van der Waals surface area contributed by atoms with Gasteiger partial charge in [0.15, 0.2) is 0 Å². The summed E-state index contributed by atoms with van der Waals surface area (Å²) >= 11 is 0.